The number of ether oxygens (including phenoxy) is 2. The lowest BCUT2D eigenvalue weighted by molar-refractivity contribution is 0.305. The van der Waals surface area contributed by atoms with Gasteiger partial charge in [0, 0.05) is 0 Å². The Labute approximate surface area is 108 Å². The standard InChI is InChI=1S/C16H18O2/c1-3-13-6-4-9-16(10-13)18-12-14-7-5-8-15(11-14)17-2/h4-11H,3,12H2,1-2H3. The molecule has 0 bridgehead atoms. The number of benzene rings is 2. The second kappa shape index (κ2) is 6.10. The molecule has 0 atom stereocenters. The van der Waals surface area contributed by atoms with Crippen molar-refractivity contribution < 1.29 is 9.47 Å². The van der Waals surface area contributed by atoms with Gasteiger partial charge in [0.05, 0.1) is 7.11 Å². The van der Waals surface area contributed by atoms with Crippen molar-refractivity contribution in [2.45, 2.75) is 20.0 Å². The highest BCUT2D eigenvalue weighted by Gasteiger charge is 1.99. The summed E-state index contributed by atoms with van der Waals surface area (Å²) < 4.78 is 11.0. The fourth-order valence-corrected chi connectivity index (χ4v) is 1.78. The molecule has 0 saturated carbocycles. The van der Waals surface area contributed by atoms with Crippen molar-refractivity contribution in [3.05, 3.63) is 59.7 Å². The van der Waals surface area contributed by atoms with Crippen LogP contribution in [0.5, 0.6) is 11.5 Å². The summed E-state index contributed by atoms with van der Waals surface area (Å²) in [4.78, 5) is 0. The highest BCUT2D eigenvalue weighted by molar-refractivity contribution is 5.30. The molecule has 0 unspecified atom stereocenters. The van der Waals surface area contributed by atoms with E-state index < -0.39 is 0 Å². The lowest BCUT2D eigenvalue weighted by atomic mass is 10.2. The Morgan fingerprint density at radius 3 is 2.28 bits per heavy atom. The van der Waals surface area contributed by atoms with Gasteiger partial charge in [-0.15, -0.1) is 0 Å². The van der Waals surface area contributed by atoms with E-state index in [9.17, 15) is 0 Å². The van der Waals surface area contributed by atoms with Crippen LogP contribution in [0, 0.1) is 0 Å². The second-order valence-electron chi connectivity index (χ2n) is 4.14. The number of hydrogen-bond acceptors (Lipinski definition) is 2. The molecule has 2 heteroatoms. The number of rotatable bonds is 5. The predicted octanol–water partition coefficient (Wildman–Crippen LogP) is 3.84. The molecule has 18 heavy (non-hydrogen) atoms. The van der Waals surface area contributed by atoms with Gasteiger partial charge in [-0.2, -0.15) is 0 Å². The molecular formula is C16H18O2. The van der Waals surface area contributed by atoms with E-state index in [-0.39, 0.29) is 0 Å². The van der Waals surface area contributed by atoms with Crippen molar-refractivity contribution >= 4 is 0 Å². The molecule has 2 nitrogen and oxygen atoms in total. The Hall–Kier alpha value is -1.96. The summed E-state index contributed by atoms with van der Waals surface area (Å²) in [5, 5.41) is 0. The summed E-state index contributed by atoms with van der Waals surface area (Å²) in [6.45, 7) is 2.70. The molecule has 0 aliphatic heterocycles. The van der Waals surface area contributed by atoms with Gasteiger partial charge in [0.1, 0.15) is 18.1 Å². The van der Waals surface area contributed by atoms with Crippen LogP contribution in [0.1, 0.15) is 18.1 Å². The minimum atomic E-state index is 0.560. The minimum Gasteiger partial charge on any atom is -0.497 e. The Balaban J connectivity index is 2.01. The summed E-state index contributed by atoms with van der Waals surface area (Å²) in [5.74, 6) is 1.77. The molecule has 0 aliphatic rings. The number of hydrogen-bond donors (Lipinski definition) is 0. The highest BCUT2D eigenvalue weighted by atomic mass is 16.5. The SMILES string of the molecule is CCc1cccc(OCc2cccc(OC)c2)c1. The summed E-state index contributed by atoms with van der Waals surface area (Å²) in [5.41, 5.74) is 2.40. The van der Waals surface area contributed by atoms with Gasteiger partial charge in [-0.1, -0.05) is 31.2 Å². The van der Waals surface area contributed by atoms with E-state index in [1.54, 1.807) is 7.11 Å². The smallest absolute Gasteiger partial charge is 0.120 e. The molecule has 2 aromatic rings. The largest absolute Gasteiger partial charge is 0.497 e. The van der Waals surface area contributed by atoms with Crippen LogP contribution in [0.2, 0.25) is 0 Å². The van der Waals surface area contributed by atoms with Gasteiger partial charge in [0.25, 0.3) is 0 Å². The maximum absolute atomic E-state index is 5.78. The number of methoxy groups -OCH3 is 1. The lowest BCUT2D eigenvalue weighted by Crippen LogP contribution is -1.96. The van der Waals surface area contributed by atoms with Crippen molar-refractivity contribution in [3.63, 3.8) is 0 Å². The fourth-order valence-electron chi connectivity index (χ4n) is 1.78. The van der Waals surface area contributed by atoms with E-state index in [4.69, 9.17) is 9.47 Å². The predicted molar refractivity (Wildman–Crippen MR) is 73.1 cm³/mol. The van der Waals surface area contributed by atoms with E-state index in [0.717, 1.165) is 23.5 Å². The van der Waals surface area contributed by atoms with Gasteiger partial charge < -0.3 is 9.47 Å². The molecule has 0 fully saturated rings. The van der Waals surface area contributed by atoms with Crippen molar-refractivity contribution in [3.8, 4) is 11.5 Å². The van der Waals surface area contributed by atoms with Crippen LogP contribution in [0.4, 0.5) is 0 Å². The first-order valence-electron chi connectivity index (χ1n) is 6.16. The Morgan fingerprint density at radius 2 is 1.56 bits per heavy atom. The van der Waals surface area contributed by atoms with Crippen LogP contribution in [-0.4, -0.2) is 7.11 Å². The van der Waals surface area contributed by atoms with Gasteiger partial charge >= 0.3 is 0 Å². The molecular weight excluding hydrogens is 224 g/mol. The average molecular weight is 242 g/mol. The normalized spacial score (nSPS) is 10.1. The quantitative estimate of drug-likeness (QED) is 0.793. The second-order valence-corrected chi connectivity index (χ2v) is 4.14. The summed E-state index contributed by atoms with van der Waals surface area (Å²) >= 11 is 0. The van der Waals surface area contributed by atoms with E-state index in [1.807, 2.05) is 36.4 Å². The molecule has 2 rings (SSSR count). The zero-order chi connectivity index (χ0) is 12.8. The van der Waals surface area contributed by atoms with Crippen molar-refractivity contribution in [1.29, 1.82) is 0 Å². The highest BCUT2D eigenvalue weighted by Crippen LogP contribution is 2.17. The first-order valence-corrected chi connectivity index (χ1v) is 6.16. The monoisotopic (exact) mass is 242 g/mol. The van der Waals surface area contributed by atoms with Crippen LogP contribution in [0.3, 0.4) is 0 Å². The van der Waals surface area contributed by atoms with Gasteiger partial charge in [-0.25, -0.2) is 0 Å². The van der Waals surface area contributed by atoms with Crippen LogP contribution >= 0.6 is 0 Å². The van der Waals surface area contributed by atoms with Crippen LogP contribution in [0.25, 0.3) is 0 Å². The number of aryl methyl sites for hydroxylation is 1. The van der Waals surface area contributed by atoms with Gasteiger partial charge in [-0.05, 0) is 41.8 Å². The molecule has 0 aromatic heterocycles. The zero-order valence-electron chi connectivity index (χ0n) is 10.8. The summed E-state index contributed by atoms with van der Waals surface area (Å²) in [6, 6.07) is 16.1. The third kappa shape index (κ3) is 3.27. The van der Waals surface area contributed by atoms with Gasteiger partial charge in [0.2, 0.25) is 0 Å². The summed E-state index contributed by atoms with van der Waals surface area (Å²) in [6.07, 6.45) is 1.02. The van der Waals surface area contributed by atoms with Crippen molar-refractivity contribution in [1.82, 2.24) is 0 Å². The first kappa shape index (κ1) is 12.5. The summed E-state index contributed by atoms with van der Waals surface area (Å²) in [7, 11) is 1.67. The Kier molecular flexibility index (Phi) is 4.24. The minimum absolute atomic E-state index is 0.560. The molecule has 0 heterocycles. The maximum atomic E-state index is 5.78. The molecule has 0 radical (unpaired) electrons. The van der Waals surface area contributed by atoms with Crippen LogP contribution in [0.15, 0.2) is 48.5 Å². The third-order valence-corrected chi connectivity index (χ3v) is 2.85. The molecule has 0 aliphatic carbocycles. The Bertz CT molecular complexity index is 458. The van der Waals surface area contributed by atoms with E-state index >= 15 is 0 Å². The van der Waals surface area contributed by atoms with Crippen molar-refractivity contribution in [2.75, 3.05) is 7.11 Å². The maximum Gasteiger partial charge on any atom is 0.120 e. The molecule has 2 aromatic carbocycles. The zero-order valence-corrected chi connectivity index (χ0v) is 10.8. The molecule has 0 saturated heterocycles. The Morgan fingerprint density at radius 1 is 0.889 bits per heavy atom. The third-order valence-electron chi connectivity index (χ3n) is 2.85. The molecule has 0 N–H and O–H groups in total. The van der Waals surface area contributed by atoms with Crippen LogP contribution < -0.4 is 9.47 Å². The van der Waals surface area contributed by atoms with E-state index in [0.29, 0.717) is 6.61 Å². The van der Waals surface area contributed by atoms with E-state index in [1.165, 1.54) is 5.56 Å². The van der Waals surface area contributed by atoms with Gasteiger partial charge in [-0.3, -0.25) is 0 Å². The van der Waals surface area contributed by atoms with E-state index in [2.05, 4.69) is 19.1 Å². The lowest BCUT2D eigenvalue weighted by Gasteiger charge is -2.08. The topological polar surface area (TPSA) is 18.5 Å². The first-order chi connectivity index (χ1) is 8.81. The molecule has 0 spiro atoms. The average Bonchev–Trinajstić information content (AvgIpc) is 2.45. The van der Waals surface area contributed by atoms with Crippen molar-refractivity contribution in [2.24, 2.45) is 0 Å². The molecule has 0 amide bonds. The molecule has 94 valence electrons. The van der Waals surface area contributed by atoms with Crippen LogP contribution in [-0.2, 0) is 13.0 Å². The fraction of sp³-hybridized carbons (Fsp3) is 0.250. The van der Waals surface area contributed by atoms with Gasteiger partial charge in [0.15, 0.2) is 0 Å².